The molecule has 90 valence electrons. The molecule has 0 amide bonds. The van der Waals surface area contributed by atoms with Crippen molar-refractivity contribution in [1.29, 1.82) is 0 Å². The Morgan fingerprint density at radius 1 is 1.41 bits per heavy atom. The summed E-state index contributed by atoms with van der Waals surface area (Å²) < 4.78 is 10.7. The van der Waals surface area contributed by atoms with Crippen molar-refractivity contribution in [1.82, 2.24) is 0 Å². The SMILES string of the molecule is OCCC#Cc1cccc(COC2COC2)c1. The zero-order valence-electron chi connectivity index (χ0n) is 9.69. The Morgan fingerprint density at radius 3 is 3.00 bits per heavy atom. The lowest BCUT2D eigenvalue weighted by Gasteiger charge is -2.25. The summed E-state index contributed by atoms with van der Waals surface area (Å²) in [6.45, 7) is 2.12. The average Bonchev–Trinajstić information content (AvgIpc) is 2.28. The van der Waals surface area contributed by atoms with E-state index in [1.807, 2.05) is 24.3 Å². The van der Waals surface area contributed by atoms with Gasteiger partial charge in [0.15, 0.2) is 0 Å². The topological polar surface area (TPSA) is 38.7 Å². The minimum atomic E-state index is 0.109. The Morgan fingerprint density at radius 2 is 2.29 bits per heavy atom. The number of hydrogen-bond donors (Lipinski definition) is 1. The first-order valence-corrected chi connectivity index (χ1v) is 5.76. The Labute approximate surface area is 101 Å². The van der Waals surface area contributed by atoms with E-state index >= 15 is 0 Å². The molecule has 0 saturated carbocycles. The smallest absolute Gasteiger partial charge is 0.105 e. The normalized spacial score (nSPS) is 14.9. The van der Waals surface area contributed by atoms with Crippen molar-refractivity contribution in [2.24, 2.45) is 0 Å². The van der Waals surface area contributed by atoms with E-state index in [2.05, 4.69) is 11.8 Å². The molecule has 0 aromatic heterocycles. The van der Waals surface area contributed by atoms with E-state index in [-0.39, 0.29) is 12.7 Å². The van der Waals surface area contributed by atoms with Crippen LogP contribution in [-0.2, 0) is 16.1 Å². The van der Waals surface area contributed by atoms with Gasteiger partial charge < -0.3 is 14.6 Å². The van der Waals surface area contributed by atoms with Crippen molar-refractivity contribution >= 4 is 0 Å². The van der Waals surface area contributed by atoms with Crippen molar-refractivity contribution in [2.45, 2.75) is 19.1 Å². The predicted molar refractivity (Wildman–Crippen MR) is 64.4 cm³/mol. The summed E-state index contributed by atoms with van der Waals surface area (Å²) >= 11 is 0. The summed E-state index contributed by atoms with van der Waals surface area (Å²) in [6, 6.07) is 7.97. The number of rotatable bonds is 4. The molecule has 3 nitrogen and oxygen atoms in total. The molecule has 1 fully saturated rings. The molecular formula is C14H16O3. The van der Waals surface area contributed by atoms with E-state index in [4.69, 9.17) is 14.6 Å². The lowest BCUT2D eigenvalue weighted by molar-refractivity contribution is -0.135. The van der Waals surface area contributed by atoms with E-state index in [1.165, 1.54) is 0 Å². The van der Waals surface area contributed by atoms with Crippen LogP contribution in [0.1, 0.15) is 17.5 Å². The van der Waals surface area contributed by atoms with E-state index < -0.39 is 0 Å². The van der Waals surface area contributed by atoms with Crippen LogP contribution in [0.2, 0.25) is 0 Å². The molecule has 1 heterocycles. The molecule has 0 spiro atoms. The zero-order valence-corrected chi connectivity index (χ0v) is 9.69. The van der Waals surface area contributed by atoms with Gasteiger partial charge in [-0.05, 0) is 17.7 Å². The van der Waals surface area contributed by atoms with Crippen LogP contribution in [0.3, 0.4) is 0 Å². The van der Waals surface area contributed by atoms with Gasteiger partial charge in [0.25, 0.3) is 0 Å². The first-order chi connectivity index (χ1) is 8.38. The average molecular weight is 232 g/mol. The minimum Gasteiger partial charge on any atom is -0.395 e. The third-order valence-electron chi connectivity index (χ3n) is 2.49. The molecule has 3 heteroatoms. The highest BCUT2D eigenvalue weighted by atomic mass is 16.6. The van der Waals surface area contributed by atoms with Crippen molar-refractivity contribution in [3.05, 3.63) is 35.4 Å². The Hall–Kier alpha value is -1.34. The van der Waals surface area contributed by atoms with Crippen LogP contribution >= 0.6 is 0 Å². The maximum absolute atomic E-state index is 8.64. The van der Waals surface area contributed by atoms with Gasteiger partial charge >= 0.3 is 0 Å². The van der Waals surface area contributed by atoms with Gasteiger partial charge in [-0.25, -0.2) is 0 Å². The largest absolute Gasteiger partial charge is 0.395 e. The monoisotopic (exact) mass is 232 g/mol. The lowest BCUT2D eigenvalue weighted by Crippen LogP contribution is -2.35. The van der Waals surface area contributed by atoms with Crippen LogP contribution < -0.4 is 0 Å². The van der Waals surface area contributed by atoms with Crippen molar-refractivity contribution < 1.29 is 14.6 Å². The Balaban J connectivity index is 1.89. The number of aliphatic hydroxyl groups is 1. The molecule has 17 heavy (non-hydrogen) atoms. The molecule has 1 aliphatic rings. The van der Waals surface area contributed by atoms with E-state index in [9.17, 15) is 0 Å². The van der Waals surface area contributed by atoms with Crippen LogP contribution in [0, 0.1) is 11.8 Å². The quantitative estimate of drug-likeness (QED) is 0.796. The summed E-state index contributed by atoms with van der Waals surface area (Å²) in [5, 5.41) is 8.64. The van der Waals surface area contributed by atoms with Gasteiger partial charge in [-0.3, -0.25) is 0 Å². The highest BCUT2D eigenvalue weighted by molar-refractivity contribution is 5.36. The lowest BCUT2D eigenvalue weighted by atomic mass is 10.1. The van der Waals surface area contributed by atoms with Gasteiger partial charge in [-0.1, -0.05) is 24.0 Å². The second-order valence-corrected chi connectivity index (χ2v) is 3.95. The van der Waals surface area contributed by atoms with Gasteiger partial charge in [-0.15, -0.1) is 0 Å². The molecule has 0 unspecified atom stereocenters. The van der Waals surface area contributed by atoms with Gasteiger partial charge in [0.05, 0.1) is 26.4 Å². The summed E-state index contributed by atoms with van der Waals surface area (Å²) in [4.78, 5) is 0. The summed E-state index contributed by atoms with van der Waals surface area (Å²) in [7, 11) is 0. The fourth-order valence-electron chi connectivity index (χ4n) is 1.48. The van der Waals surface area contributed by atoms with E-state index in [0.717, 1.165) is 11.1 Å². The molecule has 1 aromatic rings. The van der Waals surface area contributed by atoms with E-state index in [1.54, 1.807) is 0 Å². The minimum absolute atomic E-state index is 0.109. The first kappa shape index (κ1) is 12.1. The van der Waals surface area contributed by atoms with Crippen molar-refractivity contribution in [3.63, 3.8) is 0 Å². The number of ether oxygens (including phenoxy) is 2. The maximum Gasteiger partial charge on any atom is 0.105 e. The standard InChI is InChI=1S/C14H16O3/c15-7-2-1-4-12-5-3-6-13(8-12)9-17-14-10-16-11-14/h3,5-6,8,14-15H,2,7,9-11H2. The molecule has 1 saturated heterocycles. The molecule has 0 aliphatic carbocycles. The Bertz CT molecular complexity index is 413. The highest BCUT2D eigenvalue weighted by Crippen LogP contribution is 2.11. The predicted octanol–water partition coefficient (Wildman–Crippen LogP) is 1.34. The van der Waals surface area contributed by atoms with E-state index in [0.29, 0.717) is 26.2 Å². The van der Waals surface area contributed by atoms with Gasteiger partial charge in [0.1, 0.15) is 6.10 Å². The molecule has 0 atom stereocenters. The van der Waals surface area contributed by atoms with Gasteiger partial charge in [-0.2, -0.15) is 0 Å². The second kappa shape index (κ2) is 6.41. The Kier molecular flexibility index (Phi) is 4.57. The molecule has 1 aliphatic heterocycles. The van der Waals surface area contributed by atoms with Crippen LogP contribution in [0.5, 0.6) is 0 Å². The van der Waals surface area contributed by atoms with Crippen LogP contribution in [0.15, 0.2) is 24.3 Å². The van der Waals surface area contributed by atoms with Crippen LogP contribution in [-0.4, -0.2) is 31.0 Å². The van der Waals surface area contributed by atoms with Gasteiger partial charge in [0, 0.05) is 12.0 Å². The molecule has 0 radical (unpaired) electrons. The number of aliphatic hydroxyl groups excluding tert-OH is 1. The molecule has 1 aromatic carbocycles. The fourth-order valence-corrected chi connectivity index (χ4v) is 1.48. The fraction of sp³-hybridized carbons (Fsp3) is 0.429. The molecule has 1 N–H and O–H groups in total. The third-order valence-corrected chi connectivity index (χ3v) is 2.49. The molecule has 2 rings (SSSR count). The van der Waals surface area contributed by atoms with Crippen LogP contribution in [0.25, 0.3) is 0 Å². The van der Waals surface area contributed by atoms with Crippen molar-refractivity contribution in [2.75, 3.05) is 19.8 Å². The number of hydrogen-bond acceptors (Lipinski definition) is 3. The summed E-state index contributed by atoms with van der Waals surface area (Å²) in [5.41, 5.74) is 2.08. The highest BCUT2D eigenvalue weighted by Gasteiger charge is 2.18. The summed E-state index contributed by atoms with van der Waals surface area (Å²) in [5.74, 6) is 5.92. The second-order valence-electron chi connectivity index (χ2n) is 3.95. The van der Waals surface area contributed by atoms with Gasteiger partial charge in [0.2, 0.25) is 0 Å². The molecule has 0 bridgehead atoms. The number of benzene rings is 1. The zero-order chi connectivity index (χ0) is 11.9. The first-order valence-electron chi connectivity index (χ1n) is 5.76. The van der Waals surface area contributed by atoms with Crippen molar-refractivity contribution in [3.8, 4) is 11.8 Å². The van der Waals surface area contributed by atoms with Crippen LogP contribution in [0.4, 0.5) is 0 Å². The molecular weight excluding hydrogens is 216 g/mol. The maximum atomic E-state index is 8.64. The third kappa shape index (κ3) is 3.86. The summed E-state index contributed by atoms with van der Waals surface area (Å²) in [6.07, 6.45) is 0.763.